The van der Waals surface area contributed by atoms with Crippen molar-refractivity contribution in [3.8, 4) is 0 Å². The van der Waals surface area contributed by atoms with Crippen LogP contribution in [0, 0.1) is 13.8 Å². The van der Waals surface area contributed by atoms with E-state index in [-0.39, 0.29) is 0 Å². The van der Waals surface area contributed by atoms with Gasteiger partial charge in [-0.2, -0.15) is 0 Å². The zero-order valence-corrected chi connectivity index (χ0v) is 13.7. The number of nitrogens with one attached hydrogen (secondary N) is 2. The number of benzene rings is 1. The molecule has 1 aromatic heterocycles. The Kier molecular flexibility index (Phi) is 5.01. The quantitative estimate of drug-likeness (QED) is 0.805. The van der Waals surface area contributed by atoms with Crippen molar-refractivity contribution in [1.82, 2.24) is 4.98 Å². The van der Waals surface area contributed by atoms with Crippen molar-refractivity contribution >= 4 is 33.1 Å². The molecule has 1 aromatic carbocycles. The van der Waals surface area contributed by atoms with Gasteiger partial charge >= 0.3 is 0 Å². The lowest BCUT2D eigenvalue weighted by molar-refractivity contribution is 0.969. The van der Waals surface area contributed by atoms with Gasteiger partial charge in [0.2, 0.25) is 0 Å². The number of nitrogens with zero attached hydrogens (tertiary/aromatic N) is 1. The smallest absolute Gasteiger partial charge is 0.127 e. The lowest BCUT2D eigenvalue weighted by Gasteiger charge is -2.14. The van der Waals surface area contributed by atoms with Gasteiger partial charge in [-0.15, -0.1) is 0 Å². The van der Waals surface area contributed by atoms with Crippen LogP contribution in [-0.2, 0) is 0 Å². The van der Waals surface area contributed by atoms with Gasteiger partial charge in [-0.1, -0.05) is 22.9 Å². The minimum absolute atomic E-state index is 0.907. The summed E-state index contributed by atoms with van der Waals surface area (Å²) in [5, 5.41) is 6.78. The third-order valence-corrected chi connectivity index (χ3v) is 3.54. The molecule has 2 rings (SSSR count). The summed E-state index contributed by atoms with van der Waals surface area (Å²) in [6.45, 7) is 7.30. The van der Waals surface area contributed by atoms with E-state index in [1.54, 1.807) is 0 Å². The number of halogens is 1. The van der Waals surface area contributed by atoms with E-state index in [2.05, 4.69) is 64.5 Å². The van der Waals surface area contributed by atoms with Gasteiger partial charge in [0.25, 0.3) is 0 Å². The Bertz CT molecular complexity index is 573. The molecule has 0 radical (unpaired) electrons. The third-order valence-electron chi connectivity index (χ3n) is 3.08. The summed E-state index contributed by atoms with van der Waals surface area (Å²) in [5.41, 5.74) is 4.64. The molecule has 0 spiro atoms. The molecule has 0 atom stereocenters. The zero-order chi connectivity index (χ0) is 14.5. The summed E-state index contributed by atoms with van der Waals surface area (Å²) < 4.78 is 1.11. The van der Waals surface area contributed by atoms with Gasteiger partial charge in [0.05, 0.1) is 0 Å². The lowest BCUT2D eigenvalue weighted by atomic mass is 10.1. The van der Waals surface area contributed by atoms with Crippen LogP contribution in [0.4, 0.5) is 17.2 Å². The fourth-order valence-corrected chi connectivity index (χ4v) is 2.80. The van der Waals surface area contributed by atoms with Crippen LogP contribution in [0.15, 0.2) is 34.9 Å². The average Bonchev–Trinajstić information content (AvgIpc) is 2.41. The SMILES string of the molecule is CCCNc1cc(Nc2c(C)cc(Br)cc2C)ccn1. The molecule has 3 nitrogen and oxygen atoms in total. The molecule has 0 aliphatic rings. The van der Waals surface area contributed by atoms with E-state index in [9.17, 15) is 0 Å². The second-order valence-electron chi connectivity index (χ2n) is 4.90. The molecule has 2 N–H and O–H groups in total. The minimum atomic E-state index is 0.907. The standard InChI is InChI=1S/C16H20BrN3/c1-4-6-18-15-10-14(5-7-19-15)20-16-11(2)8-13(17)9-12(16)3/h5,7-10H,4,6H2,1-3H3,(H2,18,19,20). The molecular formula is C16H20BrN3. The molecule has 0 aliphatic heterocycles. The number of anilines is 3. The van der Waals surface area contributed by atoms with Gasteiger partial charge in [0, 0.05) is 34.7 Å². The van der Waals surface area contributed by atoms with E-state index in [1.807, 2.05) is 18.3 Å². The van der Waals surface area contributed by atoms with Gasteiger partial charge in [-0.05, 0) is 49.6 Å². The van der Waals surface area contributed by atoms with Gasteiger partial charge < -0.3 is 10.6 Å². The molecule has 0 saturated carbocycles. The first-order valence-corrected chi connectivity index (χ1v) is 7.63. The molecule has 2 aromatic rings. The van der Waals surface area contributed by atoms with Crippen LogP contribution in [0.2, 0.25) is 0 Å². The molecule has 0 unspecified atom stereocenters. The molecule has 0 amide bonds. The number of aryl methyl sites for hydroxylation is 2. The summed E-state index contributed by atoms with van der Waals surface area (Å²) in [6.07, 6.45) is 2.91. The van der Waals surface area contributed by atoms with Crippen LogP contribution in [-0.4, -0.2) is 11.5 Å². The summed E-state index contributed by atoms with van der Waals surface area (Å²) in [6, 6.07) is 8.26. The van der Waals surface area contributed by atoms with E-state index < -0.39 is 0 Å². The van der Waals surface area contributed by atoms with Crippen LogP contribution in [0.5, 0.6) is 0 Å². The number of hydrogen-bond donors (Lipinski definition) is 2. The highest BCUT2D eigenvalue weighted by Crippen LogP contribution is 2.28. The van der Waals surface area contributed by atoms with Crippen molar-refractivity contribution in [3.05, 3.63) is 46.1 Å². The molecule has 0 saturated heterocycles. The zero-order valence-electron chi connectivity index (χ0n) is 12.1. The first-order chi connectivity index (χ1) is 9.60. The Morgan fingerprint density at radius 3 is 2.50 bits per heavy atom. The van der Waals surface area contributed by atoms with Crippen LogP contribution in [0.3, 0.4) is 0 Å². The van der Waals surface area contributed by atoms with Gasteiger partial charge in [0.1, 0.15) is 5.82 Å². The van der Waals surface area contributed by atoms with Crippen LogP contribution >= 0.6 is 15.9 Å². The maximum absolute atomic E-state index is 4.32. The monoisotopic (exact) mass is 333 g/mol. The fourth-order valence-electron chi connectivity index (χ4n) is 2.11. The lowest BCUT2D eigenvalue weighted by Crippen LogP contribution is -2.03. The fraction of sp³-hybridized carbons (Fsp3) is 0.312. The van der Waals surface area contributed by atoms with E-state index in [0.717, 1.165) is 34.6 Å². The third kappa shape index (κ3) is 3.73. The first kappa shape index (κ1) is 14.9. The minimum Gasteiger partial charge on any atom is -0.370 e. The summed E-state index contributed by atoms with van der Waals surface area (Å²) >= 11 is 3.52. The van der Waals surface area contributed by atoms with Crippen LogP contribution < -0.4 is 10.6 Å². The number of hydrogen-bond acceptors (Lipinski definition) is 3. The molecule has 0 aliphatic carbocycles. The highest BCUT2D eigenvalue weighted by atomic mass is 79.9. The van der Waals surface area contributed by atoms with Gasteiger partial charge in [-0.3, -0.25) is 0 Å². The Morgan fingerprint density at radius 2 is 1.85 bits per heavy atom. The van der Waals surface area contributed by atoms with E-state index in [0.29, 0.717) is 0 Å². The molecular weight excluding hydrogens is 314 g/mol. The topological polar surface area (TPSA) is 37.0 Å². The first-order valence-electron chi connectivity index (χ1n) is 6.84. The van der Waals surface area contributed by atoms with Crippen molar-refractivity contribution in [2.75, 3.05) is 17.2 Å². The maximum Gasteiger partial charge on any atom is 0.127 e. The van der Waals surface area contributed by atoms with Crippen molar-refractivity contribution in [2.45, 2.75) is 27.2 Å². The molecule has 1 heterocycles. The predicted octanol–water partition coefficient (Wildman–Crippen LogP) is 5.03. The number of pyridine rings is 1. The molecule has 106 valence electrons. The maximum atomic E-state index is 4.32. The number of rotatable bonds is 5. The van der Waals surface area contributed by atoms with E-state index >= 15 is 0 Å². The van der Waals surface area contributed by atoms with Crippen molar-refractivity contribution in [3.63, 3.8) is 0 Å². The Labute approximate surface area is 129 Å². The Hall–Kier alpha value is -1.55. The van der Waals surface area contributed by atoms with Crippen molar-refractivity contribution in [2.24, 2.45) is 0 Å². The summed E-state index contributed by atoms with van der Waals surface area (Å²) in [7, 11) is 0. The highest BCUT2D eigenvalue weighted by molar-refractivity contribution is 9.10. The summed E-state index contributed by atoms with van der Waals surface area (Å²) in [5.74, 6) is 0.907. The van der Waals surface area contributed by atoms with Crippen LogP contribution in [0.1, 0.15) is 24.5 Å². The van der Waals surface area contributed by atoms with Crippen molar-refractivity contribution < 1.29 is 0 Å². The van der Waals surface area contributed by atoms with Gasteiger partial charge in [0.15, 0.2) is 0 Å². The second-order valence-corrected chi connectivity index (χ2v) is 5.81. The molecule has 0 fully saturated rings. The predicted molar refractivity (Wildman–Crippen MR) is 89.9 cm³/mol. The average molecular weight is 334 g/mol. The van der Waals surface area contributed by atoms with Crippen molar-refractivity contribution in [1.29, 1.82) is 0 Å². The largest absolute Gasteiger partial charge is 0.370 e. The summed E-state index contributed by atoms with van der Waals surface area (Å²) in [4.78, 5) is 4.32. The highest BCUT2D eigenvalue weighted by Gasteiger charge is 2.05. The normalized spacial score (nSPS) is 10.4. The Morgan fingerprint density at radius 1 is 1.15 bits per heavy atom. The number of aromatic nitrogens is 1. The van der Waals surface area contributed by atoms with Gasteiger partial charge in [-0.25, -0.2) is 4.98 Å². The molecule has 4 heteroatoms. The Balaban J connectivity index is 2.22. The molecule has 20 heavy (non-hydrogen) atoms. The van der Waals surface area contributed by atoms with E-state index in [4.69, 9.17) is 0 Å². The second kappa shape index (κ2) is 6.75. The molecule has 0 bridgehead atoms. The van der Waals surface area contributed by atoms with Crippen LogP contribution in [0.25, 0.3) is 0 Å². The van der Waals surface area contributed by atoms with E-state index in [1.165, 1.54) is 11.1 Å².